The molecule has 110 valence electrons. The van der Waals surface area contributed by atoms with Crippen molar-refractivity contribution < 1.29 is 19.8 Å². The van der Waals surface area contributed by atoms with Crippen molar-refractivity contribution in [1.29, 1.82) is 0 Å². The number of carboxylic acid groups (broad SMARTS) is 1. The van der Waals surface area contributed by atoms with Gasteiger partial charge in [-0.2, -0.15) is 0 Å². The SMILES string of the molecule is CCN1CCC(CNC(=O)N[C@@H](CO)C(=O)O)CC1. The van der Waals surface area contributed by atoms with Gasteiger partial charge in [0.05, 0.1) is 6.61 Å². The van der Waals surface area contributed by atoms with Crippen molar-refractivity contribution in [2.24, 2.45) is 5.92 Å². The number of rotatable bonds is 6. The van der Waals surface area contributed by atoms with Gasteiger partial charge in [-0.05, 0) is 38.4 Å². The number of aliphatic carboxylic acids is 1. The Kier molecular flexibility index (Phi) is 6.58. The molecule has 1 atom stereocenters. The Morgan fingerprint density at radius 2 is 2.00 bits per heavy atom. The number of amides is 2. The maximum Gasteiger partial charge on any atom is 0.328 e. The third-order valence-corrected chi connectivity index (χ3v) is 3.49. The Labute approximate surface area is 113 Å². The number of hydrogen-bond acceptors (Lipinski definition) is 4. The largest absolute Gasteiger partial charge is 0.480 e. The van der Waals surface area contributed by atoms with Crippen molar-refractivity contribution in [3.05, 3.63) is 0 Å². The van der Waals surface area contributed by atoms with Gasteiger partial charge in [0.1, 0.15) is 0 Å². The highest BCUT2D eigenvalue weighted by molar-refractivity contribution is 5.82. The fraction of sp³-hybridized carbons (Fsp3) is 0.833. The predicted molar refractivity (Wildman–Crippen MR) is 69.9 cm³/mol. The summed E-state index contributed by atoms with van der Waals surface area (Å²) < 4.78 is 0. The summed E-state index contributed by atoms with van der Waals surface area (Å²) in [4.78, 5) is 24.5. The quantitative estimate of drug-likeness (QED) is 0.521. The third-order valence-electron chi connectivity index (χ3n) is 3.49. The van der Waals surface area contributed by atoms with Crippen LogP contribution in [0.2, 0.25) is 0 Å². The van der Waals surface area contributed by atoms with Crippen molar-refractivity contribution in [3.8, 4) is 0 Å². The third kappa shape index (κ3) is 5.44. The first kappa shape index (κ1) is 15.7. The number of piperidine rings is 1. The standard InChI is InChI=1S/C12H23N3O4/c1-2-15-5-3-9(4-6-15)7-13-12(19)14-10(8-16)11(17)18/h9-10,16H,2-8H2,1H3,(H,17,18)(H2,13,14,19)/t10-/m0/s1. The smallest absolute Gasteiger partial charge is 0.328 e. The molecule has 1 rings (SSSR count). The Hall–Kier alpha value is -1.34. The molecule has 19 heavy (non-hydrogen) atoms. The van der Waals surface area contributed by atoms with E-state index in [1.54, 1.807) is 0 Å². The highest BCUT2D eigenvalue weighted by Gasteiger charge is 2.21. The minimum Gasteiger partial charge on any atom is -0.480 e. The Balaban J connectivity index is 2.22. The lowest BCUT2D eigenvalue weighted by Gasteiger charge is -2.31. The highest BCUT2D eigenvalue weighted by atomic mass is 16.4. The molecule has 1 aliphatic heterocycles. The van der Waals surface area contributed by atoms with Gasteiger partial charge in [-0.1, -0.05) is 6.92 Å². The van der Waals surface area contributed by atoms with Gasteiger partial charge in [0.2, 0.25) is 0 Å². The van der Waals surface area contributed by atoms with Crippen molar-refractivity contribution in [1.82, 2.24) is 15.5 Å². The molecule has 1 fully saturated rings. The van der Waals surface area contributed by atoms with E-state index in [1.807, 2.05) is 0 Å². The lowest BCUT2D eigenvalue weighted by atomic mass is 9.97. The second kappa shape index (κ2) is 7.96. The van der Waals surface area contributed by atoms with Crippen molar-refractivity contribution in [2.75, 3.05) is 32.8 Å². The number of hydrogen-bond donors (Lipinski definition) is 4. The zero-order valence-electron chi connectivity index (χ0n) is 11.3. The van der Waals surface area contributed by atoms with Crippen LogP contribution in [-0.4, -0.2) is 65.9 Å². The minimum absolute atomic E-state index is 0.436. The maximum atomic E-state index is 11.5. The van der Waals surface area contributed by atoms with Crippen LogP contribution in [-0.2, 0) is 4.79 Å². The molecule has 1 aliphatic rings. The molecule has 0 aromatic heterocycles. The van der Waals surface area contributed by atoms with E-state index in [1.165, 1.54) is 0 Å². The number of nitrogens with zero attached hydrogens (tertiary/aromatic N) is 1. The summed E-state index contributed by atoms with van der Waals surface area (Å²) >= 11 is 0. The molecule has 0 unspecified atom stereocenters. The molecule has 2 amide bonds. The van der Waals surface area contributed by atoms with Gasteiger partial charge in [0.15, 0.2) is 6.04 Å². The lowest BCUT2D eigenvalue weighted by Crippen LogP contribution is -2.49. The molecule has 0 aromatic carbocycles. The van der Waals surface area contributed by atoms with Crippen LogP contribution in [0, 0.1) is 5.92 Å². The Bertz CT molecular complexity index is 303. The number of urea groups is 1. The molecule has 0 bridgehead atoms. The van der Waals surface area contributed by atoms with E-state index < -0.39 is 24.6 Å². The summed E-state index contributed by atoms with van der Waals surface area (Å²) in [5.74, 6) is -0.806. The summed E-state index contributed by atoms with van der Waals surface area (Å²) in [6, 6.07) is -1.79. The van der Waals surface area contributed by atoms with Crippen LogP contribution in [0.15, 0.2) is 0 Å². The normalized spacial score (nSPS) is 18.8. The second-order valence-electron chi connectivity index (χ2n) is 4.81. The molecule has 1 saturated heterocycles. The van der Waals surface area contributed by atoms with E-state index in [9.17, 15) is 9.59 Å². The summed E-state index contributed by atoms with van der Waals surface area (Å²) in [6.45, 7) is 5.20. The number of likely N-dealkylation sites (tertiary alicyclic amines) is 1. The summed E-state index contributed by atoms with van der Waals surface area (Å²) in [5.41, 5.74) is 0. The van der Waals surface area contributed by atoms with Gasteiger partial charge in [-0.15, -0.1) is 0 Å². The first-order valence-electron chi connectivity index (χ1n) is 6.67. The van der Waals surface area contributed by atoms with Crippen LogP contribution in [0.3, 0.4) is 0 Å². The van der Waals surface area contributed by atoms with Crippen LogP contribution in [0.1, 0.15) is 19.8 Å². The molecule has 0 saturated carbocycles. The highest BCUT2D eigenvalue weighted by Crippen LogP contribution is 2.15. The molecule has 0 aromatic rings. The fourth-order valence-electron chi connectivity index (χ4n) is 2.14. The van der Waals surface area contributed by atoms with E-state index >= 15 is 0 Å². The predicted octanol–water partition coefficient (Wildman–Crippen LogP) is -0.537. The van der Waals surface area contributed by atoms with E-state index in [2.05, 4.69) is 22.5 Å². The molecule has 4 N–H and O–H groups in total. The number of aliphatic hydroxyl groups is 1. The molecule has 0 spiro atoms. The van der Waals surface area contributed by atoms with Gasteiger partial charge in [0, 0.05) is 6.54 Å². The average Bonchev–Trinajstić information content (AvgIpc) is 2.42. The minimum atomic E-state index is -1.25. The maximum absolute atomic E-state index is 11.5. The van der Waals surface area contributed by atoms with E-state index in [0.717, 1.165) is 32.5 Å². The van der Waals surface area contributed by atoms with Gasteiger partial charge in [0.25, 0.3) is 0 Å². The Morgan fingerprint density at radius 3 is 2.47 bits per heavy atom. The summed E-state index contributed by atoms with van der Waals surface area (Å²) in [5, 5.41) is 22.4. The van der Waals surface area contributed by atoms with Crippen LogP contribution in [0.25, 0.3) is 0 Å². The monoisotopic (exact) mass is 273 g/mol. The Morgan fingerprint density at radius 1 is 1.37 bits per heavy atom. The molecule has 0 radical (unpaired) electrons. The number of aliphatic hydroxyl groups excluding tert-OH is 1. The number of nitrogens with one attached hydrogen (secondary N) is 2. The molecular formula is C12H23N3O4. The van der Waals surface area contributed by atoms with Crippen LogP contribution < -0.4 is 10.6 Å². The second-order valence-corrected chi connectivity index (χ2v) is 4.81. The molecular weight excluding hydrogens is 250 g/mol. The number of carbonyl (C=O) groups is 2. The number of carbonyl (C=O) groups excluding carboxylic acids is 1. The van der Waals surface area contributed by atoms with Gasteiger partial charge < -0.3 is 25.7 Å². The first-order chi connectivity index (χ1) is 9.06. The zero-order valence-corrected chi connectivity index (χ0v) is 11.3. The molecule has 7 nitrogen and oxygen atoms in total. The molecule has 1 heterocycles. The molecule has 0 aliphatic carbocycles. The van der Waals surface area contributed by atoms with Crippen molar-refractivity contribution >= 4 is 12.0 Å². The van der Waals surface area contributed by atoms with Crippen molar-refractivity contribution in [2.45, 2.75) is 25.8 Å². The summed E-state index contributed by atoms with van der Waals surface area (Å²) in [6.07, 6.45) is 2.08. The van der Waals surface area contributed by atoms with Crippen LogP contribution >= 0.6 is 0 Å². The number of carboxylic acids is 1. The van der Waals surface area contributed by atoms with E-state index in [-0.39, 0.29) is 0 Å². The zero-order chi connectivity index (χ0) is 14.3. The topological polar surface area (TPSA) is 102 Å². The van der Waals surface area contributed by atoms with E-state index in [0.29, 0.717) is 12.5 Å². The van der Waals surface area contributed by atoms with E-state index in [4.69, 9.17) is 10.2 Å². The van der Waals surface area contributed by atoms with Crippen molar-refractivity contribution in [3.63, 3.8) is 0 Å². The summed E-state index contributed by atoms with van der Waals surface area (Å²) in [7, 11) is 0. The molecule has 7 heteroatoms. The van der Waals surface area contributed by atoms with Gasteiger partial charge >= 0.3 is 12.0 Å². The fourth-order valence-corrected chi connectivity index (χ4v) is 2.14. The first-order valence-corrected chi connectivity index (χ1v) is 6.67. The average molecular weight is 273 g/mol. The van der Waals surface area contributed by atoms with Gasteiger partial charge in [-0.25, -0.2) is 9.59 Å². The lowest BCUT2D eigenvalue weighted by molar-refractivity contribution is -0.140. The van der Waals surface area contributed by atoms with Gasteiger partial charge in [-0.3, -0.25) is 0 Å². The van der Waals surface area contributed by atoms with Crippen LogP contribution in [0.4, 0.5) is 4.79 Å². The van der Waals surface area contributed by atoms with Crippen LogP contribution in [0.5, 0.6) is 0 Å².